The number of nitriles is 1. The molecule has 0 radical (unpaired) electrons. The van der Waals surface area contributed by atoms with E-state index in [4.69, 9.17) is 40.1 Å². The summed E-state index contributed by atoms with van der Waals surface area (Å²) in [5.74, 6) is 0. The SMILES string of the molecule is N#Cc1ccc(N=c2ssc(Cl)c2Cl)c(Cl)c1. The van der Waals surface area contributed by atoms with Gasteiger partial charge in [-0.15, -0.1) is 0 Å². The zero-order valence-corrected chi connectivity index (χ0v) is 12.0. The lowest BCUT2D eigenvalue weighted by molar-refractivity contribution is 1.40. The van der Waals surface area contributed by atoms with Crippen molar-refractivity contribution in [2.24, 2.45) is 4.99 Å². The fourth-order valence-electron chi connectivity index (χ4n) is 1.08. The number of rotatable bonds is 1. The van der Waals surface area contributed by atoms with Crippen molar-refractivity contribution in [2.75, 3.05) is 0 Å². The molecule has 0 N–H and O–H groups in total. The minimum Gasteiger partial charge on any atom is -0.234 e. The summed E-state index contributed by atoms with van der Waals surface area (Å²) in [6.45, 7) is 0. The summed E-state index contributed by atoms with van der Waals surface area (Å²) in [5.41, 5.74) is 1.06. The van der Waals surface area contributed by atoms with Gasteiger partial charge >= 0.3 is 0 Å². The van der Waals surface area contributed by atoms with Gasteiger partial charge in [-0.25, -0.2) is 4.99 Å². The summed E-state index contributed by atoms with van der Waals surface area (Å²) in [6.07, 6.45) is 0. The predicted molar refractivity (Wildman–Crippen MR) is 73.6 cm³/mol. The summed E-state index contributed by atoms with van der Waals surface area (Å²) in [5, 5.41) is 9.56. The molecule has 0 amide bonds. The fourth-order valence-corrected chi connectivity index (χ4v) is 4.04. The van der Waals surface area contributed by atoms with Crippen molar-refractivity contribution in [2.45, 2.75) is 0 Å². The number of nitrogens with zero attached hydrogens (tertiary/aromatic N) is 2. The smallest absolute Gasteiger partial charge is 0.147 e. The summed E-state index contributed by atoms with van der Waals surface area (Å²) in [4.78, 5) is 4.31. The average molecular weight is 322 g/mol. The molecule has 2 rings (SSSR count). The van der Waals surface area contributed by atoms with Crippen LogP contribution in [0.4, 0.5) is 5.69 Å². The van der Waals surface area contributed by atoms with E-state index in [0.29, 0.717) is 30.3 Å². The summed E-state index contributed by atoms with van der Waals surface area (Å²) >= 11 is 17.8. The van der Waals surface area contributed by atoms with Crippen LogP contribution in [0.5, 0.6) is 0 Å². The van der Waals surface area contributed by atoms with Crippen molar-refractivity contribution in [1.82, 2.24) is 0 Å². The quantitative estimate of drug-likeness (QED) is 0.690. The zero-order valence-electron chi connectivity index (χ0n) is 8.08. The molecule has 7 heteroatoms. The third-order valence-corrected chi connectivity index (χ3v) is 5.65. The van der Waals surface area contributed by atoms with Gasteiger partial charge < -0.3 is 0 Å². The molecule has 0 aliphatic carbocycles. The molecule has 1 aromatic heterocycles. The van der Waals surface area contributed by atoms with Gasteiger partial charge in [-0.05, 0) is 18.2 Å². The van der Waals surface area contributed by atoms with Gasteiger partial charge in [-0.2, -0.15) is 5.26 Å². The van der Waals surface area contributed by atoms with Crippen molar-refractivity contribution in [1.29, 1.82) is 5.26 Å². The number of benzene rings is 1. The van der Waals surface area contributed by atoms with Crippen LogP contribution >= 0.6 is 55.5 Å². The van der Waals surface area contributed by atoms with E-state index in [1.165, 1.54) is 20.7 Å². The molecule has 0 unspecified atom stereocenters. The first-order chi connectivity index (χ1) is 8.11. The Balaban J connectivity index is 2.54. The van der Waals surface area contributed by atoms with Crippen molar-refractivity contribution >= 4 is 61.2 Å². The van der Waals surface area contributed by atoms with Crippen LogP contribution in [0, 0.1) is 11.3 Å². The van der Waals surface area contributed by atoms with Crippen molar-refractivity contribution in [3.63, 3.8) is 0 Å². The van der Waals surface area contributed by atoms with E-state index in [1.54, 1.807) is 18.2 Å². The highest BCUT2D eigenvalue weighted by atomic mass is 35.5. The van der Waals surface area contributed by atoms with Gasteiger partial charge in [0.05, 0.1) is 22.3 Å². The molecule has 1 heterocycles. The van der Waals surface area contributed by atoms with Crippen molar-refractivity contribution < 1.29 is 0 Å². The highest BCUT2D eigenvalue weighted by Gasteiger charge is 2.05. The van der Waals surface area contributed by atoms with Crippen LogP contribution in [-0.4, -0.2) is 0 Å². The Labute approximate surface area is 120 Å². The van der Waals surface area contributed by atoms with Gasteiger partial charge in [0.15, 0.2) is 0 Å². The lowest BCUT2D eigenvalue weighted by Crippen LogP contribution is -1.92. The maximum atomic E-state index is 8.72. The van der Waals surface area contributed by atoms with E-state index < -0.39 is 0 Å². The molecular weight excluding hydrogens is 319 g/mol. The van der Waals surface area contributed by atoms with Crippen molar-refractivity contribution in [3.8, 4) is 6.07 Å². The molecule has 0 spiro atoms. The minimum absolute atomic E-state index is 0.412. The molecule has 17 heavy (non-hydrogen) atoms. The number of halogens is 3. The first kappa shape index (κ1) is 12.9. The molecule has 2 aromatic rings. The van der Waals surface area contributed by atoms with E-state index in [1.807, 2.05) is 6.07 Å². The lowest BCUT2D eigenvalue weighted by atomic mass is 10.2. The predicted octanol–water partition coefficient (Wildman–Crippen LogP) is 4.87. The summed E-state index contributed by atoms with van der Waals surface area (Å²) in [7, 11) is 2.73. The van der Waals surface area contributed by atoms with Gasteiger partial charge in [-0.1, -0.05) is 55.5 Å². The Bertz CT molecular complexity index is 667. The third kappa shape index (κ3) is 2.82. The largest absolute Gasteiger partial charge is 0.234 e. The Kier molecular flexibility index (Phi) is 4.08. The van der Waals surface area contributed by atoms with E-state index in [-0.39, 0.29) is 0 Å². The van der Waals surface area contributed by atoms with Crippen LogP contribution in [0.2, 0.25) is 14.4 Å². The Morgan fingerprint density at radius 3 is 2.47 bits per heavy atom. The summed E-state index contributed by atoms with van der Waals surface area (Å²) < 4.78 is 1.13. The highest BCUT2D eigenvalue weighted by Crippen LogP contribution is 2.29. The first-order valence-electron chi connectivity index (χ1n) is 4.30. The van der Waals surface area contributed by atoms with Gasteiger partial charge in [0.2, 0.25) is 0 Å². The Hall–Kier alpha value is -0.570. The lowest BCUT2D eigenvalue weighted by Gasteiger charge is -1.96. The monoisotopic (exact) mass is 320 g/mol. The second-order valence-electron chi connectivity index (χ2n) is 2.95. The molecule has 0 fully saturated rings. The normalized spacial score (nSPS) is 11.5. The van der Waals surface area contributed by atoms with E-state index in [0.717, 1.165) is 0 Å². The van der Waals surface area contributed by atoms with Crippen LogP contribution in [0.25, 0.3) is 0 Å². The minimum atomic E-state index is 0.412. The fraction of sp³-hybridized carbons (Fsp3) is 0. The summed E-state index contributed by atoms with van der Waals surface area (Å²) in [6, 6.07) is 6.89. The Morgan fingerprint density at radius 2 is 1.94 bits per heavy atom. The molecule has 0 saturated heterocycles. The van der Waals surface area contributed by atoms with Crippen LogP contribution in [0.1, 0.15) is 5.56 Å². The molecule has 1 aromatic carbocycles. The maximum Gasteiger partial charge on any atom is 0.147 e. The van der Waals surface area contributed by atoms with Gasteiger partial charge in [0.25, 0.3) is 0 Å². The molecule has 0 bridgehead atoms. The Morgan fingerprint density at radius 1 is 1.18 bits per heavy atom. The molecular formula is C10H3Cl3N2S2. The average Bonchev–Trinajstić information content (AvgIpc) is 2.63. The van der Waals surface area contributed by atoms with E-state index in [2.05, 4.69) is 4.99 Å². The molecule has 86 valence electrons. The first-order valence-corrected chi connectivity index (χ1v) is 7.58. The third-order valence-electron chi connectivity index (χ3n) is 1.85. The molecule has 2 nitrogen and oxygen atoms in total. The number of hydrogen-bond donors (Lipinski definition) is 0. The maximum absolute atomic E-state index is 8.72. The van der Waals surface area contributed by atoms with Crippen LogP contribution in [0.15, 0.2) is 23.2 Å². The standard InChI is InChI=1S/C10H3Cl3N2S2/c11-6-3-5(4-14)1-2-7(6)15-10-8(12)9(13)16-17-10/h1-3H. The molecule has 0 atom stereocenters. The van der Waals surface area contributed by atoms with Crippen molar-refractivity contribution in [3.05, 3.63) is 42.8 Å². The molecule has 0 aliphatic heterocycles. The van der Waals surface area contributed by atoms with E-state index >= 15 is 0 Å². The molecule has 0 saturated carbocycles. The molecule has 0 aliphatic rings. The van der Waals surface area contributed by atoms with Crippen LogP contribution in [0.3, 0.4) is 0 Å². The zero-order chi connectivity index (χ0) is 12.4. The second-order valence-corrected chi connectivity index (χ2v) is 6.46. The van der Waals surface area contributed by atoms with Crippen LogP contribution in [-0.2, 0) is 0 Å². The van der Waals surface area contributed by atoms with Gasteiger partial charge in [0, 0.05) is 0 Å². The van der Waals surface area contributed by atoms with Crippen LogP contribution < -0.4 is 4.67 Å². The number of hydrogen-bond acceptors (Lipinski definition) is 4. The second kappa shape index (κ2) is 5.38. The van der Waals surface area contributed by atoms with Gasteiger partial charge in [0.1, 0.15) is 14.0 Å². The van der Waals surface area contributed by atoms with Gasteiger partial charge in [-0.3, -0.25) is 0 Å². The van der Waals surface area contributed by atoms with E-state index in [9.17, 15) is 0 Å². The highest BCUT2D eigenvalue weighted by molar-refractivity contribution is 7.69. The topological polar surface area (TPSA) is 36.1 Å².